The van der Waals surface area contributed by atoms with Crippen LogP contribution in [0, 0.1) is 17.6 Å². The molecule has 19 heteroatoms. The summed E-state index contributed by atoms with van der Waals surface area (Å²) in [5, 5.41) is 7.13. The van der Waals surface area contributed by atoms with E-state index in [1.807, 2.05) is 38.1 Å². The van der Waals surface area contributed by atoms with Crippen LogP contribution in [0.5, 0.6) is 0 Å². The van der Waals surface area contributed by atoms with Crippen LogP contribution < -0.4 is 20.5 Å². The van der Waals surface area contributed by atoms with Gasteiger partial charge in [0, 0.05) is 48.5 Å². The minimum absolute atomic E-state index is 0.0737. The van der Waals surface area contributed by atoms with Crippen LogP contribution in [0.25, 0.3) is 27.5 Å². The summed E-state index contributed by atoms with van der Waals surface area (Å²) >= 11 is 6.67. The molecule has 4 aromatic carbocycles. The molecule has 0 spiro atoms. The van der Waals surface area contributed by atoms with Gasteiger partial charge in [-0.25, -0.2) is 31.0 Å². The highest BCUT2D eigenvalue weighted by Crippen LogP contribution is 2.42. The first-order valence-electron chi connectivity index (χ1n) is 20.8. The van der Waals surface area contributed by atoms with Crippen LogP contribution in [-0.4, -0.2) is 77.3 Å². The summed E-state index contributed by atoms with van der Waals surface area (Å²) in [5.41, 5.74) is 2.92. The fourth-order valence-electron chi connectivity index (χ4n) is 8.96. The van der Waals surface area contributed by atoms with Gasteiger partial charge in [-0.1, -0.05) is 35.9 Å². The van der Waals surface area contributed by atoms with Gasteiger partial charge >= 0.3 is 0 Å². The monoisotopic (exact) mass is 918 g/mol. The number of halogens is 5. The average Bonchev–Trinajstić information content (AvgIpc) is 3.91. The molecule has 4 heterocycles. The maximum Gasteiger partial charge on any atom is 0.266 e. The standard InChI is InChI=1S/C45H43ClF4N8O5S/c1-23-20-56(21-24(2)63-23)29-10-11-32-34(18-29)53-44(58(45(32)60)37-13-12-33(46)40-42(37)57(22-38(49)50)54-43(40)55-64(3,61)62)36(16-25-14-27(47)17-28(48)15-25)51-39(59)19-35-30-6-4-5-7-31(30)41(52-35)26-8-9-26/h4-7,10-15,17-18,23-24,26,35-36,38H,8-9,16,19-22H2,1-3H3,(H,51,59)(H,54,55)/t23-,24+,35?,36-/m0/s1. The number of nitrogens with one attached hydrogen (secondary N) is 2. The van der Waals surface area contributed by atoms with Gasteiger partial charge in [0.15, 0.2) is 5.82 Å². The van der Waals surface area contributed by atoms with E-state index in [2.05, 4.69) is 20.0 Å². The number of sulfonamides is 1. The summed E-state index contributed by atoms with van der Waals surface area (Å²) in [6.45, 7) is 3.95. The molecule has 64 heavy (non-hydrogen) atoms. The molecule has 2 aromatic heterocycles. The van der Waals surface area contributed by atoms with Gasteiger partial charge in [-0.2, -0.15) is 5.10 Å². The van der Waals surface area contributed by atoms with Gasteiger partial charge in [0.2, 0.25) is 15.9 Å². The molecule has 1 saturated heterocycles. The third-order valence-corrected chi connectivity index (χ3v) is 12.4. The van der Waals surface area contributed by atoms with E-state index in [9.17, 15) is 30.8 Å². The number of aromatic nitrogens is 4. The van der Waals surface area contributed by atoms with E-state index in [4.69, 9.17) is 26.3 Å². The number of benzene rings is 4. The molecular formula is C45H43ClF4N8O5S. The second-order valence-corrected chi connectivity index (χ2v) is 18.9. The van der Waals surface area contributed by atoms with Gasteiger partial charge in [-0.05, 0) is 80.3 Å². The number of aliphatic imine (C=N–C) groups is 1. The normalized spacial score (nSPS) is 19.3. The number of fused-ring (bicyclic) bond motifs is 3. The summed E-state index contributed by atoms with van der Waals surface area (Å²) in [7, 11) is -4.03. The smallest absolute Gasteiger partial charge is 0.266 e. The van der Waals surface area contributed by atoms with Crippen LogP contribution in [0.4, 0.5) is 29.1 Å². The van der Waals surface area contributed by atoms with Crippen molar-refractivity contribution < 1.29 is 35.5 Å². The number of alkyl halides is 2. The quantitative estimate of drug-likeness (QED) is 0.112. The van der Waals surface area contributed by atoms with Gasteiger partial charge < -0.3 is 15.0 Å². The second kappa shape index (κ2) is 16.9. The summed E-state index contributed by atoms with van der Waals surface area (Å²) < 4.78 is 93.5. The number of hydrogen-bond acceptors (Lipinski definition) is 9. The Balaban J connectivity index is 1.26. The molecule has 1 unspecified atom stereocenters. The molecule has 0 radical (unpaired) electrons. The third-order valence-electron chi connectivity index (χ3n) is 11.6. The predicted molar refractivity (Wildman–Crippen MR) is 236 cm³/mol. The first-order chi connectivity index (χ1) is 30.5. The fourth-order valence-corrected chi connectivity index (χ4v) is 9.70. The van der Waals surface area contributed by atoms with Crippen LogP contribution >= 0.6 is 11.6 Å². The van der Waals surface area contributed by atoms with Crippen molar-refractivity contribution in [2.75, 3.05) is 29.0 Å². The third kappa shape index (κ3) is 8.82. The number of nitrogens with zero attached hydrogens (tertiary/aromatic N) is 6. The molecule has 3 aliphatic rings. The topological polar surface area (TPSA) is 153 Å². The Morgan fingerprint density at radius 1 is 0.984 bits per heavy atom. The Morgan fingerprint density at radius 3 is 2.39 bits per heavy atom. The minimum Gasteiger partial charge on any atom is -0.372 e. The number of morpholine rings is 1. The molecule has 2 N–H and O–H groups in total. The Morgan fingerprint density at radius 2 is 1.70 bits per heavy atom. The molecule has 2 aliphatic heterocycles. The Hall–Kier alpha value is -5.85. The highest BCUT2D eigenvalue weighted by molar-refractivity contribution is 7.92. The second-order valence-electron chi connectivity index (χ2n) is 16.8. The SMILES string of the molecule is C[C@@H]1CN(c2ccc3c(=O)n(-c4ccc(Cl)c5c(NS(C)(=O)=O)nn(CC(F)F)c45)c([C@H](Cc4cc(F)cc(F)c4)NC(=O)CC4N=C(C5CC5)c5ccccc54)nc3c2)C[C@H](C)O1. The number of amides is 1. The number of carbonyl (C=O) groups excluding carboxylic acids is 1. The van der Waals surface area contributed by atoms with Crippen molar-refractivity contribution in [2.45, 2.75) is 76.8 Å². The molecule has 1 saturated carbocycles. The lowest BCUT2D eigenvalue weighted by Crippen LogP contribution is -2.45. The number of ether oxygens (including phenoxy) is 1. The van der Waals surface area contributed by atoms with E-state index >= 15 is 4.79 Å². The summed E-state index contributed by atoms with van der Waals surface area (Å²) in [5.74, 6) is -2.47. The zero-order valence-corrected chi connectivity index (χ0v) is 36.4. The van der Waals surface area contributed by atoms with Gasteiger partial charge in [-0.15, -0.1) is 0 Å². The summed E-state index contributed by atoms with van der Waals surface area (Å²) in [4.78, 5) is 41.8. The number of hydrogen-bond donors (Lipinski definition) is 2. The highest BCUT2D eigenvalue weighted by Gasteiger charge is 2.37. The molecule has 1 amide bonds. The van der Waals surface area contributed by atoms with E-state index in [0.29, 0.717) is 25.1 Å². The van der Waals surface area contributed by atoms with Gasteiger partial charge in [-0.3, -0.25) is 28.6 Å². The zero-order chi connectivity index (χ0) is 45.2. The van der Waals surface area contributed by atoms with Crippen LogP contribution in [0.2, 0.25) is 5.02 Å². The molecule has 9 rings (SSSR count). The summed E-state index contributed by atoms with van der Waals surface area (Å²) in [6.07, 6.45) is -0.766. The van der Waals surface area contributed by atoms with Crippen molar-refractivity contribution in [2.24, 2.45) is 10.9 Å². The van der Waals surface area contributed by atoms with E-state index in [0.717, 1.165) is 63.0 Å². The Kier molecular flexibility index (Phi) is 11.5. The Bertz CT molecular complexity index is 3020. The van der Waals surface area contributed by atoms with Gasteiger partial charge in [0.1, 0.15) is 24.0 Å². The van der Waals surface area contributed by atoms with Crippen molar-refractivity contribution in [3.63, 3.8) is 0 Å². The van der Waals surface area contributed by atoms with Crippen molar-refractivity contribution >= 4 is 66.6 Å². The zero-order valence-electron chi connectivity index (χ0n) is 34.9. The van der Waals surface area contributed by atoms with Gasteiger partial charge in [0.25, 0.3) is 12.0 Å². The van der Waals surface area contributed by atoms with Gasteiger partial charge in [0.05, 0.1) is 69.5 Å². The molecule has 0 bridgehead atoms. The van der Waals surface area contributed by atoms with Crippen LogP contribution in [-0.2, 0) is 32.5 Å². The van der Waals surface area contributed by atoms with Crippen molar-refractivity contribution in [3.8, 4) is 5.69 Å². The molecule has 4 atom stereocenters. The molecule has 13 nitrogen and oxygen atoms in total. The maximum atomic E-state index is 15.2. The Labute approximate surface area is 370 Å². The average molecular weight is 919 g/mol. The largest absolute Gasteiger partial charge is 0.372 e. The first-order valence-corrected chi connectivity index (χ1v) is 23.1. The maximum absolute atomic E-state index is 15.2. The van der Waals surface area contributed by atoms with E-state index in [-0.39, 0.29) is 74.8 Å². The molecule has 1 aliphatic carbocycles. The first kappa shape index (κ1) is 43.4. The molecular weight excluding hydrogens is 876 g/mol. The molecule has 2 fully saturated rings. The van der Waals surface area contributed by atoms with Crippen molar-refractivity contribution in [1.82, 2.24) is 24.6 Å². The lowest BCUT2D eigenvalue weighted by molar-refractivity contribution is -0.122. The van der Waals surface area contributed by atoms with Crippen molar-refractivity contribution in [3.05, 3.63) is 122 Å². The lowest BCUT2D eigenvalue weighted by Gasteiger charge is -2.37. The predicted octanol–water partition coefficient (Wildman–Crippen LogP) is 7.66. The molecule has 6 aromatic rings. The minimum atomic E-state index is -4.03. The number of rotatable bonds is 13. The lowest BCUT2D eigenvalue weighted by atomic mass is 9.97. The summed E-state index contributed by atoms with van der Waals surface area (Å²) in [6, 6.07) is 16.6. The highest BCUT2D eigenvalue weighted by atomic mass is 35.5. The van der Waals surface area contributed by atoms with Crippen molar-refractivity contribution in [1.29, 1.82) is 0 Å². The van der Waals surface area contributed by atoms with E-state index < -0.39 is 58.2 Å². The number of anilines is 2. The van der Waals surface area contributed by atoms with E-state index in [1.54, 1.807) is 18.2 Å². The fraction of sp³-hybridized carbons (Fsp3) is 0.356. The van der Waals surface area contributed by atoms with Crippen LogP contribution in [0.1, 0.15) is 67.7 Å². The van der Waals surface area contributed by atoms with Crippen LogP contribution in [0.3, 0.4) is 0 Å². The van der Waals surface area contributed by atoms with E-state index in [1.165, 1.54) is 12.1 Å². The number of carbonyl (C=O) groups is 1. The molecule has 334 valence electrons. The van der Waals surface area contributed by atoms with Crippen LogP contribution in [0.15, 0.2) is 82.6 Å².